The van der Waals surface area contributed by atoms with E-state index in [0.717, 1.165) is 17.9 Å². The van der Waals surface area contributed by atoms with Gasteiger partial charge in [-0.2, -0.15) is 0 Å². The van der Waals surface area contributed by atoms with Crippen molar-refractivity contribution in [3.63, 3.8) is 0 Å². The lowest BCUT2D eigenvalue weighted by atomic mass is 10.2. The van der Waals surface area contributed by atoms with Crippen LogP contribution in [0.25, 0.3) is 0 Å². The number of methoxy groups -OCH3 is 2. The Kier molecular flexibility index (Phi) is 6.36. The number of rotatable bonds is 7. The summed E-state index contributed by atoms with van der Waals surface area (Å²) in [7, 11) is 2.99. The minimum absolute atomic E-state index is 0.0180. The summed E-state index contributed by atoms with van der Waals surface area (Å²) in [5.41, 5.74) is 0.858. The molecule has 7 heteroatoms. The van der Waals surface area contributed by atoms with Crippen LogP contribution < -0.4 is 20.1 Å². The second kappa shape index (κ2) is 8.71. The number of hydrogen-bond acceptors (Lipinski definition) is 5. The molecule has 3 N–H and O–H groups in total. The predicted molar refractivity (Wildman–Crippen MR) is 91.6 cm³/mol. The van der Waals surface area contributed by atoms with E-state index in [1.54, 1.807) is 18.4 Å². The monoisotopic (exact) mass is 333 g/mol. The van der Waals surface area contributed by atoms with E-state index in [1.807, 2.05) is 19.1 Å². The van der Waals surface area contributed by atoms with Gasteiger partial charge in [0, 0.05) is 6.54 Å². The third-order valence-electron chi connectivity index (χ3n) is 3.31. The molecule has 1 aromatic carbocycles. The van der Waals surface area contributed by atoms with Crippen molar-refractivity contribution in [3.05, 3.63) is 41.9 Å². The Morgan fingerprint density at radius 1 is 1.21 bits per heavy atom. The van der Waals surface area contributed by atoms with Crippen LogP contribution in [0.2, 0.25) is 0 Å². The molecule has 0 aliphatic rings. The predicted octanol–water partition coefficient (Wildman–Crippen LogP) is 2.26. The van der Waals surface area contributed by atoms with Crippen LogP contribution in [0.5, 0.6) is 17.2 Å². The average molecular weight is 333 g/mol. The fourth-order valence-electron chi connectivity index (χ4n) is 2.14. The first-order valence-electron chi connectivity index (χ1n) is 7.66. The topological polar surface area (TPSA) is 88.3 Å². The number of ether oxygens (including phenoxy) is 2. The molecule has 7 nitrogen and oxygen atoms in total. The molecule has 0 spiro atoms. The highest BCUT2D eigenvalue weighted by atomic mass is 16.5. The minimum Gasteiger partial charge on any atom is -0.502 e. The molecular formula is C17H23N3O4. The van der Waals surface area contributed by atoms with Gasteiger partial charge in [-0.15, -0.1) is 0 Å². The number of hydrogen-bond donors (Lipinski definition) is 3. The van der Waals surface area contributed by atoms with Gasteiger partial charge in [0.1, 0.15) is 5.76 Å². The lowest BCUT2D eigenvalue weighted by molar-refractivity contribution is 0.339. The Hall–Kier alpha value is -2.83. The fourth-order valence-corrected chi connectivity index (χ4v) is 2.14. The summed E-state index contributed by atoms with van der Waals surface area (Å²) in [6.07, 6.45) is 1.63. The van der Waals surface area contributed by atoms with Gasteiger partial charge >= 0.3 is 0 Å². The van der Waals surface area contributed by atoms with Crippen molar-refractivity contribution in [2.45, 2.75) is 20.0 Å². The Labute approximate surface area is 141 Å². The zero-order valence-corrected chi connectivity index (χ0v) is 14.1. The molecule has 0 radical (unpaired) electrons. The zero-order valence-electron chi connectivity index (χ0n) is 14.1. The lowest BCUT2D eigenvalue weighted by Gasteiger charge is -2.12. The van der Waals surface area contributed by atoms with E-state index >= 15 is 0 Å². The van der Waals surface area contributed by atoms with Crippen LogP contribution in [0, 0.1) is 0 Å². The standard InChI is InChI=1S/C17H23N3O4/c1-4-18-17(20-11-13-6-5-7-24-13)19-10-12-8-14(22-2)16(21)15(9-12)23-3/h5-9,21H,4,10-11H2,1-3H3,(H2,18,19,20). The number of phenols is 1. The van der Waals surface area contributed by atoms with Crippen molar-refractivity contribution < 1.29 is 19.0 Å². The fraction of sp³-hybridized carbons (Fsp3) is 0.353. The van der Waals surface area contributed by atoms with Gasteiger partial charge in [0.05, 0.1) is 33.6 Å². The average Bonchev–Trinajstić information content (AvgIpc) is 3.11. The van der Waals surface area contributed by atoms with E-state index in [2.05, 4.69) is 15.6 Å². The number of aromatic hydroxyl groups is 1. The summed E-state index contributed by atoms with van der Waals surface area (Å²) in [5.74, 6) is 2.19. The largest absolute Gasteiger partial charge is 0.502 e. The molecule has 2 rings (SSSR count). The van der Waals surface area contributed by atoms with Gasteiger partial charge in [0.15, 0.2) is 17.5 Å². The van der Waals surface area contributed by atoms with Crippen LogP contribution in [0.15, 0.2) is 39.9 Å². The number of furan rings is 1. The first-order valence-corrected chi connectivity index (χ1v) is 7.66. The van der Waals surface area contributed by atoms with Crippen LogP contribution in [0.3, 0.4) is 0 Å². The lowest BCUT2D eigenvalue weighted by Crippen LogP contribution is -2.36. The Morgan fingerprint density at radius 3 is 2.46 bits per heavy atom. The maximum Gasteiger partial charge on any atom is 0.200 e. The summed E-state index contributed by atoms with van der Waals surface area (Å²) in [4.78, 5) is 4.52. The van der Waals surface area contributed by atoms with Crippen molar-refractivity contribution in [2.24, 2.45) is 4.99 Å². The molecule has 0 saturated carbocycles. The summed E-state index contributed by atoms with van der Waals surface area (Å²) in [6, 6.07) is 7.21. The number of guanidine groups is 1. The van der Waals surface area contributed by atoms with Crippen LogP contribution in [0.4, 0.5) is 0 Å². The number of nitrogens with zero attached hydrogens (tertiary/aromatic N) is 1. The van der Waals surface area contributed by atoms with Gasteiger partial charge in [-0.05, 0) is 36.8 Å². The van der Waals surface area contributed by atoms with E-state index in [1.165, 1.54) is 14.2 Å². The molecule has 0 amide bonds. The van der Waals surface area contributed by atoms with E-state index < -0.39 is 0 Å². The molecule has 0 bridgehead atoms. The Balaban J connectivity index is 2.09. The van der Waals surface area contributed by atoms with Gasteiger partial charge in [0.25, 0.3) is 0 Å². The van der Waals surface area contributed by atoms with Gasteiger partial charge in [-0.25, -0.2) is 4.99 Å². The molecule has 1 heterocycles. The molecule has 0 atom stereocenters. The third-order valence-corrected chi connectivity index (χ3v) is 3.31. The maximum atomic E-state index is 9.94. The second-order valence-electron chi connectivity index (χ2n) is 4.98. The zero-order chi connectivity index (χ0) is 17.4. The molecule has 0 unspecified atom stereocenters. The SMILES string of the molecule is CCNC(=NCc1cc(OC)c(O)c(OC)c1)NCc1ccco1. The van der Waals surface area contributed by atoms with Gasteiger partial charge in [-0.1, -0.05) is 0 Å². The maximum absolute atomic E-state index is 9.94. The molecule has 0 fully saturated rings. The van der Waals surface area contributed by atoms with Crippen LogP contribution in [-0.4, -0.2) is 31.8 Å². The van der Waals surface area contributed by atoms with Crippen molar-refractivity contribution >= 4 is 5.96 Å². The van der Waals surface area contributed by atoms with E-state index in [9.17, 15) is 5.11 Å². The molecule has 0 aliphatic heterocycles. The third kappa shape index (κ3) is 4.58. The number of nitrogens with one attached hydrogen (secondary N) is 2. The molecule has 0 aliphatic carbocycles. The van der Waals surface area contributed by atoms with Crippen molar-refractivity contribution in [3.8, 4) is 17.2 Å². The molecule has 2 aromatic rings. The number of phenolic OH excluding ortho intramolecular Hbond substituents is 1. The van der Waals surface area contributed by atoms with Crippen LogP contribution >= 0.6 is 0 Å². The minimum atomic E-state index is -0.0180. The van der Waals surface area contributed by atoms with E-state index in [4.69, 9.17) is 13.9 Å². The quantitative estimate of drug-likeness (QED) is 0.532. The summed E-state index contributed by atoms with van der Waals surface area (Å²) in [6.45, 7) is 3.68. The normalized spacial score (nSPS) is 11.2. The molecule has 130 valence electrons. The highest BCUT2D eigenvalue weighted by Crippen LogP contribution is 2.37. The molecule has 24 heavy (non-hydrogen) atoms. The Bertz CT molecular complexity index is 643. The second-order valence-corrected chi connectivity index (χ2v) is 4.98. The summed E-state index contributed by atoms with van der Waals surface area (Å²) >= 11 is 0. The smallest absolute Gasteiger partial charge is 0.200 e. The highest BCUT2D eigenvalue weighted by molar-refractivity contribution is 5.79. The molecule has 1 aromatic heterocycles. The summed E-state index contributed by atoms with van der Waals surface area (Å²) < 4.78 is 15.6. The van der Waals surface area contributed by atoms with Crippen LogP contribution in [-0.2, 0) is 13.1 Å². The first-order chi connectivity index (χ1) is 11.7. The van der Waals surface area contributed by atoms with Crippen LogP contribution in [0.1, 0.15) is 18.2 Å². The first kappa shape index (κ1) is 17.5. The van der Waals surface area contributed by atoms with Crippen molar-refractivity contribution in [1.29, 1.82) is 0 Å². The van der Waals surface area contributed by atoms with E-state index in [0.29, 0.717) is 30.5 Å². The van der Waals surface area contributed by atoms with E-state index in [-0.39, 0.29) is 5.75 Å². The van der Waals surface area contributed by atoms with Gasteiger partial charge < -0.3 is 29.6 Å². The van der Waals surface area contributed by atoms with Crippen molar-refractivity contribution in [1.82, 2.24) is 10.6 Å². The number of aliphatic imine (C=N–C) groups is 1. The summed E-state index contributed by atoms with van der Waals surface area (Å²) in [5, 5.41) is 16.3. The Morgan fingerprint density at radius 2 is 1.92 bits per heavy atom. The molecule has 0 saturated heterocycles. The molecular weight excluding hydrogens is 310 g/mol. The van der Waals surface area contributed by atoms with Gasteiger partial charge in [-0.3, -0.25) is 0 Å². The van der Waals surface area contributed by atoms with Gasteiger partial charge in [0.2, 0.25) is 5.75 Å². The number of benzene rings is 1. The highest BCUT2D eigenvalue weighted by Gasteiger charge is 2.11. The van der Waals surface area contributed by atoms with Crippen molar-refractivity contribution in [2.75, 3.05) is 20.8 Å².